The number of hydrogen-bond acceptors (Lipinski definition) is 10. The summed E-state index contributed by atoms with van der Waals surface area (Å²) in [6, 6.07) is 8.57. The van der Waals surface area contributed by atoms with Crippen LogP contribution in [0.15, 0.2) is 24.3 Å². The molecule has 2 aliphatic rings. The average Bonchev–Trinajstić information content (AvgIpc) is 2.89. The van der Waals surface area contributed by atoms with Gasteiger partial charge >= 0.3 is 0 Å². The standard InChI is InChI=1S/C27H42N8O3/c28-13-15-37-17-18-38-16-14-29-24(36)19-20-9-11-23(12-10-20)32-27-34-25(30-21-5-2-1-3-6-21)33-26(35-27)31-22-7-4-8-22/h9-12,21-22H,1-8,13-19,28H2,(H,29,36)(H3,30,31,32,33,34,35). The molecule has 4 rings (SSSR count). The van der Waals surface area contributed by atoms with Gasteiger partial charge in [-0.25, -0.2) is 0 Å². The van der Waals surface area contributed by atoms with Gasteiger partial charge in [-0.05, 0) is 49.8 Å². The van der Waals surface area contributed by atoms with Crippen LogP contribution in [0.25, 0.3) is 0 Å². The largest absolute Gasteiger partial charge is 0.378 e. The van der Waals surface area contributed by atoms with E-state index in [0.717, 1.165) is 36.9 Å². The number of carbonyl (C=O) groups is 1. The molecule has 1 amide bonds. The molecule has 11 heteroatoms. The molecule has 2 aliphatic carbocycles. The number of nitrogens with zero attached hydrogens (tertiary/aromatic N) is 3. The van der Waals surface area contributed by atoms with Crippen molar-refractivity contribution in [3.63, 3.8) is 0 Å². The van der Waals surface area contributed by atoms with Gasteiger partial charge in [0.25, 0.3) is 0 Å². The van der Waals surface area contributed by atoms with E-state index in [1.165, 1.54) is 25.7 Å². The predicted molar refractivity (Wildman–Crippen MR) is 149 cm³/mol. The van der Waals surface area contributed by atoms with Crippen LogP contribution in [0.2, 0.25) is 0 Å². The van der Waals surface area contributed by atoms with Crippen molar-refractivity contribution in [3.05, 3.63) is 29.8 Å². The Hall–Kier alpha value is -3.02. The van der Waals surface area contributed by atoms with Crippen molar-refractivity contribution in [1.82, 2.24) is 20.3 Å². The second-order valence-electron chi connectivity index (χ2n) is 9.92. The molecule has 2 saturated carbocycles. The topological polar surface area (TPSA) is 148 Å². The summed E-state index contributed by atoms with van der Waals surface area (Å²) in [5.74, 6) is 1.66. The van der Waals surface area contributed by atoms with Gasteiger partial charge in [0.1, 0.15) is 0 Å². The van der Waals surface area contributed by atoms with Crippen LogP contribution in [0.1, 0.15) is 56.9 Å². The molecule has 0 atom stereocenters. The summed E-state index contributed by atoms with van der Waals surface area (Å²) in [5.41, 5.74) is 7.13. The molecule has 0 spiro atoms. The molecular weight excluding hydrogens is 484 g/mol. The quantitative estimate of drug-likeness (QED) is 0.207. The third kappa shape index (κ3) is 9.70. The van der Waals surface area contributed by atoms with Crippen molar-refractivity contribution in [2.45, 2.75) is 69.9 Å². The van der Waals surface area contributed by atoms with Crippen molar-refractivity contribution in [2.75, 3.05) is 55.5 Å². The summed E-state index contributed by atoms with van der Waals surface area (Å²) in [5, 5.41) is 13.1. The summed E-state index contributed by atoms with van der Waals surface area (Å²) in [4.78, 5) is 26.1. The van der Waals surface area contributed by atoms with Gasteiger partial charge in [-0.15, -0.1) is 0 Å². The summed E-state index contributed by atoms with van der Waals surface area (Å²) in [6.07, 6.45) is 9.90. The first-order chi connectivity index (χ1) is 18.7. The minimum atomic E-state index is -0.0451. The molecule has 0 unspecified atom stereocenters. The number of ether oxygens (including phenoxy) is 2. The zero-order valence-corrected chi connectivity index (χ0v) is 22.2. The summed E-state index contributed by atoms with van der Waals surface area (Å²) in [6.45, 7) is 2.93. The lowest BCUT2D eigenvalue weighted by Crippen LogP contribution is -2.29. The first-order valence-electron chi connectivity index (χ1n) is 14.0. The fourth-order valence-electron chi connectivity index (χ4n) is 4.48. The second-order valence-corrected chi connectivity index (χ2v) is 9.92. The monoisotopic (exact) mass is 526 g/mol. The number of carbonyl (C=O) groups excluding carboxylic acids is 1. The molecule has 0 aliphatic heterocycles. The van der Waals surface area contributed by atoms with Crippen molar-refractivity contribution < 1.29 is 14.3 Å². The third-order valence-electron chi connectivity index (χ3n) is 6.79. The van der Waals surface area contributed by atoms with E-state index in [4.69, 9.17) is 15.2 Å². The minimum Gasteiger partial charge on any atom is -0.378 e. The Balaban J connectivity index is 1.26. The first kappa shape index (κ1) is 28.0. The fourth-order valence-corrected chi connectivity index (χ4v) is 4.48. The highest BCUT2D eigenvalue weighted by Crippen LogP contribution is 2.25. The van der Waals surface area contributed by atoms with Gasteiger partial charge in [-0.3, -0.25) is 4.79 Å². The molecule has 2 fully saturated rings. The van der Waals surface area contributed by atoms with Gasteiger partial charge < -0.3 is 36.5 Å². The molecule has 208 valence electrons. The molecule has 0 radical (unpaired) electrons. The van der Waals surface area contributed by atoms with E-state index < -0.39 is 0 Å². The Bertz CT molecular complexity index is 981. The number of rotatable bonds is 16. The van der Waals surface area contributed by atoms with Crippen LogP contribution < -0.4 is 27.0 Å². The number of aromatic nitrogens is 3. The highest BCUT2D eigenvalue weighted by atomic mass is 16.5. The lowest BCUT2D eigenvalue weighted by Gasteiger charge is -2.27. The van der Waals surface area contributed by atoms with Crippen LogP contribution in [0.4, 0.5) is 23.5 Å². The van der Waals surface area contributed by atoms with Gasteiger partial charge in [0.05, 0.1) is 32.8 Å². The van der Waals surface area contributed by atoms with Crippen LogP contribution in [0, 0.1) is 0 Å². The van der Waals surface area contributed by atoms with Crippen LogP contribution in [0.3, 0.4) is 0 Å². The average molecular weight is 527 g/mol. The zero-order chi connectivity index (χ0) is 26.4. The van der Waals surface area contributed by atoms with Crippen molar-refractivity contribution in [1.29, 1.82) is 0 Å². The highest BCUT2D eigenvalue weighted by molar-refractivity contribution is 5.78. The number of anilines is 4. The fraction of sp³-hybridized carbons (Fsp3) is 0.630. The first-order valence-corrected chi connectivity index (χ1v) is 14.0. The van der Waals surface area contributed by atoms with Crippen LogP contribution in [-0.4, -0.2) is 72.5 Å². The van der Waals surface area contributed by atoms with Crippen LogP contribution in [-0.2, 0) is 20.7 Å². The van der Waals surface area contributed by atoms with E-state index in [2.05, 4.69) is 36.2 Å². The Morgan fingerprint density at radius 1 is 0.789 bits per heavy atom. The lowest BCUT2D eigenvalue weighted by molar-refractivity contribution is -0.120. The number of nitrogens with one attached hydrogen (secondary N) is 4. The van der Waals surface area contributed by atoms with Gasteiger partial charge in [0.2, 0.25) is 23.8 Å². The van der Waals surface area contributed by atoms with Gasteiger partial charge in [-0.2, -0.15) is 15.0 Å². The molecule has 11 nitrogen and oxygen atoms in total. The predicted octanol–water partition coefficient (Wildman–Crippen LogP) is 2.97. The summed E-state index contributed by atoms with van der Waals surface area (Å²) < 4.78 is 10.7. The van der Waals surface area contributed by atoms with E-state index in [-0.39, 0.29) is 5.91 Å². The second kappa shape index (κ2) is 15.4. The molecular formula is C27H42N8O3. The number of hydrogen-bond donors (Lipinski definition) is 5. The highest BCUT2D eigenvalue weighted by Gasteiger charge is 2.20. The van der Waals surface area contributed by atoms with Gasteiger partial charge in [0.15, 0.2) is 0 Å². The summed E-state index contributed by atoms with van der Waals surface area (Å²) in [7, 11) is 0. The van der Waals surface area contributed by atoms with E-state index in [0.29, 0.717) is 75.9 Å². The van der Waals surface area contributed by atoms with Gasteiger partial charge in [-0.1, -0.05) is 31.4 Å². The lowest BCUT2D eigenvalue weighted by atomic mass is 9.93. The van der Waals surface area contributed by atoms with Crippen molar-refractivity contribution in [3.8, 4) is 0 Å². The maximum Gasteiger partial charge on any atom is 0.233 e. The smallest absolute Gasteiger partial charge is 0.233 e. The van der Waals surface area contributed by atoms with E-state index in [1.54, 1.807) is 0 Å². The maximum absolute atomic E-state index is 12.3. The third-order valence-corrected chi connectivity index (χ3v) is 6.79. The van der Waals surface area contributed by atoms with Crippen molar-refractivity contribution >= 4 is 29.4 Å². The SMILES string of the molecule is NCCOCCOCCNC(=O)Cc1ccc(Nc2nc(NC3CCCCC3)nc(NC3CCC3)n2)cc1. The Morgan fingerprint density at radius 2 is 1.39 bits per heavy atom. The molecule has 2 aromatic rings. The number of amides is 1. The number of nitrogens with two attached hydrogens (primary N) is 1. The van der Waals surface area contributed by atoms with E-state index >= 15 is 0 Å². The number of benzene rings is 1. The Kier molecular flexibility index (Phi) is 11.4. The molecule has 38 heavy (non-hydrogen) atoms. The molecule has 6 N–H and O–H groups in total. The normalized spacial score (nSPS) is 16.0. The molecule has 1 aromatic heterocycles. The van der Waals surface area contributed by atoms with E-state index in [9.17, 15) is 4.79 Å². The van der Waals surface area contributed by atoms with E-state index in [1.807, 2.05) is 24.3 Å². The Morgan fingerprint density at radius 3 is 2.00 bits per heavy atom. The molecule has 0 saturated heterocycles. The minimum absolute atomic E-state index is 0.0451. The van der Waals surface area contributed by atoms with Crippen molar-refractivity contribution in [2.24, 2.45) is 5.73 Å². The molecule has 1 aromatic carbocycles. The van der Waals surface area contributed by atoms with Crippen LogP contribution >= 0.6 is 0 Å². The van der Waals surface area contributed by atoms with Crippen LogP contribution in [0.5, 0.6) is 0 Å². The van der Waals surface area contributed by atoms with Gasteiger partial charge in [0, 0.05) is 30.9 Å². The summed E-state index contributed by atoms with van der Waals surface area (Å²) >= 11 is 0. The molecule has 1 heterocycles. The Labute approximate surface area is 225 Å². The maximum atomic E-state index is 12.3. The molecule has 0 bridgehead atoms. The zero-order valence-electron chi connectivity index (χ0n) is 22.2.